The van der Waals surface area contributed by atoms with Gasteiger partial charge in [-0.05, 0) is 13.0 Å². The summed E-state index contributed by atoms with van der Waals surface area (Å²) in [6, 6.07) is 0. The molecule has 0 aromatic carbocycles. The first-order valence-corrected chi connectivity index (χ1v) is 3.29. The highest BCUT2D eigenvalue weighted by Gasteiger charge is 2.21. The average molecular weight is 142 g/mol. The van der Waals surface area contributed by atoms with Crippen molar-refractivity contribution in [2.45, 2.75) is 6.42 Å². The molecule has 56 valence electrons. The predicted octanol–water partition coefficient (Wildman–Crippen LogP) is -1.13. The predicted molar refractivity (Wildman–Crippen MR) is 35.2 cm³/mol. The number of nitrogens with one attached hydrogen (secondary N) is 2. The van der Waals surface area contributed by atoms with Crippen LogP contribution in [0.1, 0.15) is 6.42 Å². The maximum atomic E-state index is 10.9. The number of amides is 2. The second-order valence-electron chi connectivity index (χ2n) is 2.32. The Labute approximate surface area is 59.0 Å². The van der Waals surface area contributed by atoms with Gasteiger partial charge in [-0.3, -0.25) is 14.9 Å². The number of hydrogen-bond acceptors (Lipinski definition) is 3. The molecule has 1 atom stereocenters. The molecule has 1 heterocycles. The Kier molecular flexibility index (Phi) is 2.39. The summed E-state index contributed by atoms with van der Waals surface area (Å²) in [4.78, 5) is 20.7. The van der Waals surface area contributed by atoms with Crippen molar-refractivity contribution in [1.82, 2.24) is 10.6 Å². The molecule has 2 amide bonds. The van der Waals surface area contributed by atoms with Crippen LogP contribution in [0.15, 0.2) is 0 Å². The molecule has 0 aliphatic carbocycles. The van der Waals surface area contributed by atoms with Crippen LogP contribution in [0.2, 0.25) is 0 Å². The molecule has 1 rings (SSSR count). The molecule has 2 N–H and O–H groups in total. The zero-order valence-corrected chi connectivity index (χ0v) is 5.59. The summed E-state index contributed by atoms with van der Waals surface area (Å²) in [5.41, 5.74) is 0. The largest absolute Gasteiger partial charge is 0.316 e. The summed E-state index contributed by atoms with van der Waals surface area (Å²) < 4.78 is 0. The normalized spacial score (nSPS) is 24.2. The lowest BCUT2D eigenvalue weighted by Crippen LogP contribution is -2.30. The molecule has 1 aliphatic heterocycles. The molecule has 0 bridgehead atoms. The fourth-order valence-corrected chi connectivity index (χ4v) is 1.05. The summed E-state index contributed by atoms with van der Waals surface area (Å²) in [5.74, 6) is -0.176. The summed E-state index contributed by atoms with van der Waals surface area (Å²) >= 11 is 0. The van der Waals surface area contributed by atoms with Gasteiger partial charge in [0.2, 0.25) is 12.3 Å². The third-order valence-electron chi connectivity index (χ3n) is 1.63. The number of imide groups is 1. The van der Waals surface area contributed by atoms with Gasteiger partial charge in [0, 0.05) is 6.54 Å². The van der Waals surface area contributed by atoms with Crippen LogP contribution in [0.3, 0.4) is 0 Å². The lowest BCUT2D eigenvalue weighted by Gasteiger charge is -2.02. The third-order valence-corrected chi connectivity index (χ3v) is 1.63. The van der Waals surface area contributed by atoms with E-state index in [4.69, 9.17) is 0 Å². The van der Waals surface area contributed by atoms with Gasteiger partial charge in [-0.15, -0.1) is 0 Å². The average Bonchev–Trinajstić information content (AvgIpc) is 2.38. The molecule has 0 aromatic heterocycles. The Morgan fingerprint density at radius 1 is 1.70 bits per heavy atom. The minimum Gasteiger partial charge on any atom is -0.316 e. The van der Waals surface area contributed by atoms with Gasteiger partial charge >= 0.3 is 0 Å². The van der Waals surface area contributed by atoms with Crippen molar-refractivity contribution in [2.24, 2.45) is 5.92 Å². The molecule has 1 unspecified atom stereocenters. The van der Waals surface area contributed by atoms with Crippen LogP contribution in [0.5, 0.6) is 0 Å². The molecule has 10 heavy (non-hydrogen) atoms. The van der Waals surface area contributed by atoms with Gasteiger partial charge in [0.25, 0.3) is 0 Å². The van der Waals surface area contributed by atoms with Crippen LogP contribution in [-0.4, -0.2) is 25.4 Å². The molecular weight excluding hydrogens is 132 g/mol. The van der Waals surface area contributed by atoms with E-state index in [9.17, 15) is 9.59 Å². The molecule has 1 fully saturated rings. The minimum atomic E-state index is -0.167. The highest BCUT2D eigenvalue weighted by molar-refractivity contribution is 5.87. The molecule has 1 aliphatic rings. The van der Waals surface area contributed by atoms with Gasteiger partial charge in [0.15, 0.2) is 0 Å². The number of carbonyl (C=O) groups excluding carboxylic acids is 2. The Bertz CT molecular complexity index is 141. The first kappa shape index (κ1) is 7.21. The summed E-state index contributed by atoms with van der Waals surface area (Å²) in [6.45, 7) is 1.57. The molecule has 0 saturated carbocycles. The van der Waals surface area contributed by atoms with Crippen molar-refractivity contribution >= 4 is 12.3 Å². The lowest BCUT2D eigenvalue weighted by atomic mass is 10.1. The van der Waals surface area contributed by atoms with Crippen molar-refractivity contribution in [3.8, 4) is 0 Å². The Balaban J connectivity index is 2.32. The van der Waals surface area contributed by atoms with Gasteiger partial charge in [-0.1, -0.05) is 0 Å². The maximum Gasteiger partial charge on any atom is 0.230 e. The maximum absolute atomic E-state index is 10.9. The molecule has 0 aromatic rings. The van der Waals surface area contributed by atoms with E-state index in [1.54, 1.807) is 0 Å². The smallest absolute Gasteiger partial charge is 0.230 e. The van der Waals surface area contributed by atoms with Gasteiger partial charge in [-0.2, -0.15) is 0 Å². The highest BCUT2D eigenvalue weighted by atomic mass is 16.2. The summed E-state index contributed by atoms with van der Waals surface area (Å²) in [7, 11) is 0. The molecule has 0 spiro atoms. The van der Waals surface area contributed by atoms with Crippen LogP contribution >= 0.6 is 0 Å². The number of rotatable bonds is 2. The van der Waals surface area contributed by atoms with Crippen LogP contribution < -0.4 is 10.6 Å². The van der Waals surface area contributed by atoms with E-state index in [0.717, 1.165) is 13.0 Å². The molecular formula is C6H10N2O2. The van der Waals surface area contributed by atoms with Crippen molar-refractivity contribution in [1.29, 1.82) is 0 Å². The second-order valence-corrected chi connectivity index (χ2v) is 2.32. The van der Waals surface area contributed by atoms with E-state index in [1.165, 1.54) is 0 Å². The zero-order valence-electron chi connectivity index (χ0n) is 5.59. The second kappa shape index (κ2) is 3.31. The number of carbonyl (C=O) groups is 2. The quantitative estimate of drug-likeness (QED) is 0.479. The van der Waals surface area contributed by atoms with E-state index in [2.05, 4.69) is 10.6 Å². The van der Waals surface area contributed by atoms with Crippen molar-refractivity contribution in [3.05, 3.63) is 0 Å². The van der Waals surface area contributed by atoms with Crippen LogP contribution in [0, 0.1) is 5.92 Å². The van der Waals surface area contributed by atoms with Crippen molar-refractivity contribution in [3.63, 3.8) is 0 Å². The molecule has 4 heteroatoms. The monoisotopic (exact) mass is 142 g/mol. The van der Waals surface area contributed by atoms with E-state index < -0.39 is 0 Å². The van der Waals surface area contributed by atoms with E-state index in [0.29, 0.717) is 13.0 Å². The van der Waals surface area contributed by atoms with Gasteiger partial charge in [0.1, 0.15) is 0 Å². The van der Waals surface area contributed by atoms with E-state index >= 15 is 0 Å². The van der Waals surface area contributed by atoms with Crippen LogP contribution in [-0.2, 0) is 9.59 Å². The first-order chi connectivity index (χ1) is 4.84. The van der Waals surface area contributed by atoms with Gasteiger partial charge in [-0.25, -0.2) is 0 Å². The number of hydrogen-bond donors (Lipinski definition) is 2. The molecule has 0 radical (unpaired) electrons. The SMILES string of the molecule is O=CNC(=O)C1CCNC1. The van der Waals surface area contributed by atoms with Gasteiger partial charge < -0.3 is 5.32 Å². The Morgan fingerprint density at radius 2 is 2.50 bits per heavy atom. The highest BCUT2D eigenvalue weighted by Crippen LogP contribution is 2.05. The minimum absolute atomic E-state index is 0.00907. The zero-order chi connectivity index (χ0) is 7.40. The summed E-state index contributed by atoms with van der Waals surface area (Å²) in [6.07, 6.45) is 1.26. The topological polar surface area (TPSA) is 58.2 Å². The molecule has 1 saturated heterocycles. The lowest BCUT2D eigenvalue weighted by molar-refractivity contribution is -0.127. The van der Waals surface area contributed by atoms with Gasteiger partial charge in [0.05, 0.1) is 5.92 Å². The third kappa shape index (κ3) is 1.54. The standard InChI is InChI=1S/C6H10N2O2/c9-4-8-6(10)5-1-2-7-3-5/h4-5,7H,1-3H2,(H,8,9,10). The summed E-state index contributed by atoms with van der Waals surface area (Å²) in [5, 5.41) is 5.16. The Hall–Kier alpha value is -0.900. The van der Waals surface area contributed by atoms with E-state index in [-0.39, 0.29) is 11.8 Å². The van der Waals surface area contributed by atoms with Crippen LogP contribution in [0.25, 0.3) is 0 Å². The Morgan fingerprint density at radius 3 is 3.00 bits per heavy atom. The fraction of sp³-hybridized carbons (Fsp3) is 0.667. The van der Waals surface area contributed by atoms with Crippen molar-refractivity contribution < 1.29 is 9.59 Å². The van der Waals surface area contributed by atoms with Crippen molar-refractivity contribution in [2.75, 3.05) is 13.1 Å². The van der Waals surface area contributed by atoms with E-state index in [1.807, 2.05) is 0 Å². The first-order valence-electron chi connectivity index (χ1n) is 3.29. The van der Waals surface area contributed by atoms with Crippen LogP contribution in [0.4, 0.5) is 0 Å². The molecule has 4 nitrogen and oxygen atoms in total. The fourth-order valence-electron chi connectivity index (χ4n) is 1.05.